The predicted molar refractivity (Wildman–Crippen MR) is 73.1 cm³/mol. The Kier molecular flexibility index (Phi) is 3.80. The van der Waals surface area contributed by atoms with Crippen LogP contribution in [-0.4, -0.2) is 49.1 Å². The molecule has 0 bridgehead atoms. The largest absolute Gasteiger partial charge is 0.374 e. The number of hydrogen-bond donors (Lipinski definition) is 1. The minimum atomic E-state index is -0.333. The molecule has 5 nitrogen and oxygen atoms in total. The summed E-state index contributed by atoms with van der Waals surface area (Å²) in [5, 5.41) is 3.21. The number of ether oxygens (including phenoxy) is 1. The third-order valence-corrected chi connectivity index (χ3v) is 3.84. The Labute approximate surface area is 117 Å². The van der Waals surface area contributed by atoms with Crippen LogP contribution in [0.5, 0.6) is 0 Å². The van der Waals surface area contributed by atoms with Crippen LogP contribution in [-0.2, 0) is 14.3 Å². The second-order valence-electron chi connectivity index (χ2n) is 5.21. The van der Waals surface area contributed by atoms with Gasteiger partial charge < -0.3 is 10.1 Å². The van der Waals surface area contributed by atoms with Gasteiger partial charge in [-0.05, 0) is 5.56 Å². The maximum atomic E-state index is 12.4. The van der Waals surface area contributed by atoms with Crippen LogP contribution in [0.4, 0.5) is 0 Å². The second kappa shape index (κ2) is 5.73. The molecule has 1 aromatic rings. The van der Waals surface area contributed by atoms with Crippen molar-refractivity contribution in [3.05, 3.63) is 35.9 Å². The minimum Gasteiger partial charge on any atom is -0.374 e. The molecule has 0 saturated carbocycles. The fraction of sp³-hybridized carbons (Fsp3) is 0.467. The van der Waals surface area contributed by atoms with Crippen molar-refractivity contribution in [2.75, 3.05) is 26.2 Å². The van der Waals surface area contributed by atoms with Gasteiger partial charge in [0, 0.05) is 19.5 Å². The van der Waals surface area contributed by atoms with Crippen molar-refractivity contribution in [1.29, 1.82) is 0 Å². The molecule has 0 radical (unpaired) electrons. The van der Waals surface area contributed by atoms with Crippen molar-refractivity contribution in [1.82, 2.24) is 10.2 Å². The summed E-state index contributed by atoms with van der Waals surface area (Å²) in [5.41, 5.74) is 0.913. The van der Waals surface area contributed by atoms with Crippen LogP contribution in [0.3, 0.4) is 0 Å². The van der Waals surface area contributed by atoms with Crippen molar-refractivity contribution in [2.24, 2.45) is 0 Å². The molecular formula is C15H18N2O3. The zero-order valence-corrected chi connectivity index (χ0v) is 11.2. The van der Waals surface area contributed by atoms with Gasteiger partial charge in [-0.15, -0.1) is 0 Å². The van der Waals surface area contributed by atoms with E-state index in [1.807, 2.05) is 30.3 Å². The highest BCUT2D eigenvalue weighted by Crippen LogP contribution is 2.29. The van der Waals surface area contributed by atoms with Crippen molar-refractivity contribution in [3.63, 3.8) is 0 Å². The molecule has 2 heterocycles. The Bertz CT molecular complexity index is 497. The maximum Gasteiger partial charge on any atom is 0.237 e. The zero-order chi connectivity index (χ0) is 13.9. The van der Waals surface area contributed by atoms with Gasteiger partial charge >= 0.3 is 0 Å². The first-order chi connectivity index (χ1) is 9.75. The third-order valence-electron chi connectivity index (χ3n) is 3.84. The van der Waals surface area contributed by atoms with E-state index in [0.717, 1.165) is 12.1 Å². The number of benzene rings is 1. The van der Waals surface area contributed by atoms with Gasteiger partial charge in [-0.2, -0.15) is 0 Å². The Morgan fingerprint density at radius 1 is 1.25 bits per heavy atom. The van der Waals surface area contributed by atoms with Crippen molar-refractivity contribution in [3.8, 4) is 0 Å². The van der Waals surface area contributed by atoms with E-state index in [9.17, 15) is 9.59 Å². The summed E-state index contributed by atoms with van der Waals surface area (Å²) >= 11 is 0. The third kappa shape index (κ3) is 2.59. The number of nitrogens with one attached hydrogen (secondary N) is 1. The van der Waals surface area contributed by atoms with Gasteiger partial charge in [0.05, 0.1) is 25.2 Å². The molecule has 0 spiro atoms. The lowest BCUT2D eigenvalue weighted by molar-refractivity contribution is -0.141. The Morgan fingerprint density at radius 3 is 2.75 bits per heavy atom. The van der Waals surface area contributed by atoms with Gasteiger partial charge in [0.15, 0.2) is 0 Å². The normalized spacial score (nSPS) is 27.1. The van der Waals surface area contributed by atoms with Gasteiger partial charge in [-0.1, -0.05) is 30.3 Å². The SMILES string of the molecule is O=C1CC(c2ccccc2)C(=O)N1CC1CNCCO1. The highest BCUT2D eigenvalue weighted by molar-refractivity contribution is 6.06. The number of rotatable bonds is 3. The number of carbonyl (C=O) groups excluding carboxylic acids is 2. The molecule has 2 aliphatic rings. The summed E-state index contributed by atoms with van der Waals surface area (Å²) in [6, 6.07) is 9.49. The lowest BCUT2D eigenvalue weighted by atomic mass is 9.98. The average Bonchev–Trinajstić information content (AvgIpc) is 2.77. The van der Waals surface area contributed by atoms with Gasteiger partial charge in [-0.3, -0.25) is 14.5 Å². The lowest BCUT2D eigenvalue weighted by Crippen LogP contribution is -2.46. The van der Waals surface area contributed by atoms with Gasteiger partial charge in [0.25, 0.3) is 0 Å². The molecule has 0 aromatic heterocycles. The Hall–Kier alpha value is -1.72. The molecular weight excluding hydrogens is 256 g/mol. The topological polar surface area (TPSA) is 58.6 Å². The molecule has 3 rings (SSSR count). The molecule has 5 heteroatoms. The van der Waals surface area contributed by atoms with E-state index in [0.29, 0.717) is 19.7 Å². The highest BCUT2D eigenvalue weighted by atomic mass is 16.5. The summed E-state index contributed by atoms with van der Waals surface area (Å²) in [6.45, 7) is 2.50. The Morgan fingerprint density at radius 2 is 2.05 bits per heavy atom. The van der Waals surface area contributed by atoms with Crippen LogP contribution in [0, 0.1) is 0 Å². The molecule has 2 fully saturated rings. The molecule has 2 atom stereocenters. The molecule has 106 valence electrons. The molecule has 1 aromatic carbocycles. The van der Waals surface area contributed by atoms with Crippen molar-refractivity contribution < 1.29 is 14.3 Å². The summed E-state index contributed by atoms with van der Waals surface area (Å²) in [6.07, 6.45) is 0.175. The van der Waals surface area contributed by atoms with Crippen LogP contribution >= 0.6 is 0 Å². The van der Waals surface area contributed by atoms with Gasteiger partial charge in [0.2, 0.25) is 11.8 Å². The van der Waals surface area contributed by atoms with Gasteiger partial charge in [-0.25, -0.2) is 0 Å². The van der Waals surface area contributed by atoms with Crippen LogP contribution in [0.25, 0.3) is 0 Å². The van der Waals surface area contributed by atoms with E-state index >= 15 is 0 Å². The first kappa shape index (κ1) is 13.3. The zero-order valence-electron chi connectivity index (χ0n) is 11.2. The number of likely N-dealkylation sites (tertiary alicyclic amines) is 1. The molecule has 1 N–H and O–H groups in total. The van der Waals surface area contributed by atoms with Crippen LogP contribution in [0.1, 0.15) is 17.9 Å². The molecule has 2 saturated heterocycles. The van der Waals surface area contributed by atoms with Crippen LogP contribution in [0.15, 0.2) is 30.3 Å². The summed E-state index contributed by atoms with van der Waals surface area (Å²) in [7, 11) is 0. The summed E-state index contributed by atoms with van der Waals surface area (Å²) < 4.78 is 5.57. The number of nitrogens with zero attached hydrogens (tertiary/aromatic N) is 1. The number of amides is 2. The van der Waals surface area contributed by atoms with Crippen LogP contribution < -0.4 is 5.32 Å². The monoisotopic (exact) mass is 274 g/mol. The smallest absolute Gasteiger partial charge is 0.237 e. The summed E-state index contributed by atoms with van der Waals surface area (Å²) in [5.74, 6) is -0.534. The number of morpholine rings is 1. The lowest BCUT2D eigenvalue weighted by Gasteiger charge is -2.27. The number of carbonyl (C=O) groups is 2. The van der Waals surface area contributed by atoms with Gasteiger partial charge in [0.1, 0.15) is 0 Å². The quantitative estimate of drug-likeness (QED) is 0.816. The molecule has 2 aliphatic heterocycles. The first-order valence-electron chi connectivity index (χ1n) is 6.97. The summed E-state index contributed by atoms with van der Waals surface area (Å²) in [4.78, 5) is 25.8. The van der Waals surface area contributed by atoms with E-state index < -0.39 is 0 Å². The standard InChI is InChI=1S/C15H18N2O3/c18-14-8-13(11-4-2-1-3-5-11)15(19)17(14)10-12-9-16-6-7-20-12/h1-5,12-13,16H,6-10H2. The minimum absolute atomic E-state index is 0.0915. The van der Waals surface area contributed by atoms with Crippen LogP contribution in [0.2, 0.25) is 0 Å². The second-order valence-corrected chi connectivity index (χ2v) is 5.21. The van der Waals surface area contributed by atoms with Crippen molar-refractivity contribution in [2.45, 2.75) is 18.4 Å². The first-order valence-corrected chi connectivity index (χ1v) is 6.97. The molecule has 2 unspecified atom stereocenters. The fourth-order valence-corrected chi connectivity index (χ4v) is 2.76. The van der Waals surface area contributed by atoms with E-state index in [1.165, 1.54) is 4.90 Å². The van der Waals surface area contributed by atoms with E-state index in [4.69, 9.17) is 4.74 Å². The van der Waals surface area contributed by atoms with E-state index in [2.05, 4.69) is 5.32 Å². The molecule has 2 amide bonds. The molecule has 20 heavy (non-hydrogen) atoms. The number of hydrogen-bond acceptors (Lipinski definition) is 4. The molecule has 0 aliphatic carbocycles. The van der Waals surface area contributed by atoms with Crippen molar-refractivity contribution >= 4 is 11.8 Å². The Balaban J connectivity index is 1.70. The van der Waals surface area contributed by atoms with E-state index in [-0.39, 0.29) is 30.3 Å². The van der Waals surface area contributed by atoms with E-state index in [1.54, 1.807) is 0 Å². The average molecular weight is 274 g/mol. The predicted octanol–water partition coefficient (Wildman–Crippen LogP) is 0.517. The number of imide groups is 1. The fourth-order valence-electron chi connectivity index (χ4n) is 2.76. The maximum absolute atomic E-state index is 12.4. The highest BCUT2D eigenvalue weighted by Gasteiger charge is 2.40.